The molecule has 0 fully saturated rings. The second-order valence-electron chi connectivity index (χ2n) is 2.74. The zero-order valence-electron chi connectivity index (χ0n) is 7.19. The lowest BCUT2D eigenvalue weighted by molar-refractivity contribution is -0.144. The second-order valence-corrected chi connectivity index (χ2v) is 2.74. The Morgan fingerprint density at radius 3 is 2.08 bits per heavy atom. The number of hydrogen-bond donors (Lipinski definition) is 3. The predicted molar refractivity (Wildman–Crippen MR) is 43.6 cm³/mol. The molecule has 6 nitrogen and oxygen atoms in total. The molecular weight excluding hydrogens is 176 g/mol. The zero-order valence-corrected chi connectivity index (χ0v) is 7.19. The third-order valence-electron chi connectivity index (χ3n) is 1.51. The SMILES string of the molecule is C[C@H](N)C(=O)C(CC(=O)O)C(N)=O. The molecule has 0 spiro atoms. The van der Waals surface area contributed by atoms with Gasteiger partial charge in [-0.15, -0.1) is 0 Å². The number of aliphatic carboxylic acids is 1. The van der Waals surface area contributed by atoms with Crippen molar-refractivity contribution in [2.45, 2.75) is 19.4 Å². The van der Waals surface area contributed by atoms with Gasteiger partial charge < -0.3 is 16.6 Å². The van der Waals surface area contributed by atoms with E-state index in [9.17, 15) is 14.4 Å². The molecule has 0 saturated carbocycles. The van der Waals surface area contributed by atoms with Gasteiger partial charge in [-0.25, -0.2) is 0 Å². The van der Waals surface area contributed by atoms with Crippen molar-refractivity contribution in [3.63, 3.8) is 0 Å². The summed E-state index contributed by atoms with van der Waals surface area (Å²) in [5.41, 5.74) is 10.0. The third kappa shape index (κ3) is 3.66. The van der Waals surface area contributed by atoms with Gasteiger partial charge in [0.1, 0.15) is 5.92 Å². The van der Waals surface area contributed by atoms with Crippen molar-refractivity contribution >= 4 is 17.7 Å². The van der Waals surface area contributed by atoms with Crippen molar-refractivity contribution in [1.82, 2.24) is 0 Å². The number of nitrogens with two attached hydrogens (primary N) is 2. The van der Waals surface area contributed by atoms with E-state index in [4.69, 9.17) is 16.6 Å². The number of carbonyl (C=O) groups is 3. The fraction of sp³-hybridized carbons (Fsp3) is 0.571. The van der Waals surface area contributed by atoms with Gasteiger partial charge in [-0.3, -0.25) is 14.4 Å². The average Bonchev–Trinajstić information content (AvgIpc) is 1.97. The molecule has 1 unspecified atom stereocenters. The maximum absolute atomic E-state index is 11.1. The molecule has 0 saturated heterocycles. The maximum Gasteiger partial charge on any atom is 0.304 e. The van der Waals surface area contributed by atoms with Crippen molar-refractivity contribution < 1.29 is 19.5 Å². The van der Waals surface area contributed by atoms with Gasteiger partial charge in [0.05, 0.1) is 12.5 Å². The summed E-state index contributed by atoms with van der Waals surface area (Å²) in [7, 11) is 0. The molecule has 5 N–H and O–H groups in total. The lowest BCUT2D eigenvalue weighted by atomic mass is 9.95. The summed E-state index contributed by atoms with van der Waals surface area (Å²) in [6.45, 7) is 1.38. The van der Waals surface area contributed by atoms with Crippen molar-refractivity contribution in [2.75, 3.05) is 0 Å². The number of carbonyl (C=O) groups excluding carboxylic acids is 2. The number of carboxylic acids is 1. The van der Waals surface area contributed by atoms with Gasteiger partial charge in [-0.05, 0) is 6.92 Å². The van der Waals surface area contributed by atoms with E-state index in [1.165, 1.54) is 6.92 Å². The lowest BCUT2D eigenvalue weighted by Gasteiger charge is -2.11. The van der Waals surface area contributed by atoms with Crippen LogP contribution in [0.15, 0.2) is 0 Å². The Labute approximate surface area is 74.9 Å². The van der Waals surface area contributed by atoms with Crippen molar-refractivity contribution in [3.8, 4) is 0 Å². The van der Waals surface area contributed by atoms with Crippen LogP contribution in [0.25, 0.3) is 0 Å². The molecule has 6 heteroatoms. The molecule has 74 valence electrons. The smallest absolute Gasteiger partial charge is 0.304 e. The Morgan fingerprint density at radius 1 is 1.38 bits per heavy atom. The van der Waals surface area contributed by atoms with Crippen molar-refractivity contribution in [1.29, 1.82) is 0 Å². The number of ketones is 1. The number of hydrogen-bond acceptors (Lipinski definition) is 4. The van der Waals surface area contributed by atoms with E-state index < -0.39 is 36.0 Å². The van der Waals surface area contributed by atoms with E-state index >= 15 is 0 Å². The van der Waals surface area contributed by atoms with Crippen LogP contribution < -0.4 is 11.5 Å². The fourth-order valence-corrected chi connectivity index (χ4v) is 0.833. The summed E-state index contributed by atoms with van der Waals surface area (Å²) >= 11 is 0. The summed E-state index contributed by atoms with van der Waals surface area (Å²) in [5.74, 6) is -4.17. The van der Waals surface area contributed by atoms with Crippen molar-refractivity contribution in [3.05, 3.63) is 0 Å². The Bertz CT molecular complexity index is 237. The normalized spacial score (nSPS) is 14.6. The quantitative estimate of drug-likeness (QED) is 0.452. The topological polar surface area (TPSA) is 123 Å². The van der Waals surface area contributed by atoms with Crippen LogP contribution in [-0.2, 0) is 14.4 Å². The average molecular weight is 188 g/mol. The fourth-order valence-electron chi connectivity index (χ4n) is 0.833. The summed E-state index contributed by atoms with van der Waals surface area (Å²) < 4.78 is 0. The molecule has 0 aliphatic heterocycles. The minimum atomic E-state index is -1.32. The van der Waals surface area contributed by atoms with Crippen molar-refractivity contribution in [2.24, 2.45) is 17.4 Å². The monoisotopic (exact) mass is 188 g/mol. The summed E-state index contributed by atoms with van der Waals surface area (Å²) in [4.78, 5) is 32.0. The summed E-state index contributed by atoms with van der Waals surface area (Å²) in [5, 5.41) is 8.36. The highest BCUT2D eigenvalue weighted by Crippen LogP contribution is 2.06. The molecule has 0 heterocycles. The van der Waals surface area contributed by atoms with Gasteiger partial charge >= 0.3 is 5.97 Å². The van der Waals surface area contributed by atoms with Gasteiger partial charge in [0.25, 0.3) is 0 Å². The Morgan fingerprint density at radius 2 is 1.85 bits per heavy atom. The Hall–Kier alpha value is -1.43. The minimum absolute atomic E-state index is 0.601. The molecule has 0 aromatic carbocycles. The highest BCUT2D eigenvalue weighted by Gasteiger charge is 2.28. The molecule has 0 aliphatic rings. The van der Waals surface area contributed by atoms with E-state index in [0.29, 0.717) is 0 Å². The van der Waals surface area contributed by atoms with Crippen LogP contribution in [-0.4, -0.2) is 28.8 Å². The molecule has 0 aliphatic carbocycles. The summed E-state index contributed by atoms with van der Waals surface area (Å²) in [6, 6.07) is -0.878. The van der Waals surface area contributed by atoms with Gasteiger partial charge in [-0.1, -0.05) is 0 Å². The molecule has 1 amide bonds. The van der Waals surface area contributed by atoms with E-state index in [1.54, 1.807) is 0 Å². The lowest BCUT2D eigenvalue weighted by Crippen LogP contribution is -2.40. The maximum atomic E-state index is 11.1. The third-order valence-corrected chi connectivity index (χ3v) is 1.51. The molecular formula is C7H12N2O4. The minimum Gasteiger partial charge on any atom is -0.481 e. The van der Waals surface area contributed by atoms with Crippen LogP contribution >= 0.6 is 0 Å². The number of primary amides is 1. The second kappa shape index (κ2) is 4.56. The molecule has 0 aromatic heterocycles. The van der Waals surface area contributed by atoms with Crippen LogP contribution in [0.5, 0.6) is 0 Å². The number of carboxylic acid groups (broad SMARTS) is 1. The first-order valence-electron chi connectivity index (χ1n) is 3.66. The Balaban J connectivity index is 4.52. The molecule has 13 heavy (non-hydrogen) atoms. The molecule has 0 aromatic rings. The van der Waals surface area contributed by atoms with Gasteiger partial charge in [0.2, 0.25) is 5.91 Å². The molecule has 0 radical (unpaired) electrons. The predicted octanol–water partition coefficient (Wildman–Crippen LogP) is -1.52. The van der Waals surface area contributed by atoms with Crippen LogP contribution in [0.2, 0.25) is 0 Å². The number of rotatable bonds is 5. The molecule has 0 bridgehead atoms. The first-order chi connectivity index (χ1) is 5.86. The number of Topliss-reactive ketones (excluding diaryl/α,β-unsaturated/α-hetero) is 1. The van der Waals surface area contributed by atoms with Gasteiger partial charge in [0, 0.05) is 0 Å². The Kier molecular flexibility index (Phi) is 4.06. The van der Waals surface area contributed by atoms with Crippen LogP contribution in [0.4, 0.5) is 0 Å². The van der Waals surface area contributed by atoms with E-state index in [-0.39, 0.29) is 0 Å². The first kappa shape index (κ1) is 11.6. The zero-order chi connectivity index (χ0) is 10.6. The van der Waals surface area contributed by atoms with E-state index in [2.05, 4.69) is 0 Å². The molecule has 2 atom stereocenters. The highest BCUT2D eigenvalue weighted by atomic mass is 16.4. The van der Waals surface area contributed by atoms with Crippen LogP contribution in [0.3, 0.4) is 0 Å². The van der Waals surface area contributed by atoms with Gasteiger partial charge in [-0.2, -0.15) is 0 Å². The van der Waals surface area contributed by atoms with E-state index in [1.807, 2.05) is 0 Å². The van der Waals surface area contributed by atoms with E-state index in [0.717, 1.165) is 0 Å². The largest absolute Gasteiger partial charge is 0.481 e. The first-order valence-corrected chi connectivity index (χ1v) is 3.66. The standard InChI is InChI=1S/C7H12N2O4/c1-3(8)6(12)4(7(9)13)2-5(10)11/h3-4H,2,8H2,1H3,(H2,9,13)(H,10,11)/t3-,4?/m0/s1. The number of amides is 1. The van der Waals surface area contributed by atoms with Crippen LogP contribution in [0.1, 0.15) is 13.3 Å². The molecule has 0 rings (SSSR count). The van der Waals surface area contributed by atoms with Crippen LogP contribution in [0, 0.1) is 5.92 Å². The highest BCUT2D eigenvalue weighted by molar-refractivity contribution is 6.04. The van der Waals surface area contributed by atoms with Gasteiger partial charge in [0.15, 0.2) is 5.78 Å². The summed E-state index contributed by atoms with van der Waals surface area (Å²) in [6.07, 6.45) is -0.601.